The Labute approximate surface area is 145 Å². The summed E-state index contributed by atoms with van der Waals surface area (Å²) in [5, 5.41) is 7.03. The van der Waals surface area contributed by atoms with Crippen molar-refractivity contribution in [3.63, 3.8) is 0 Å². The van der Waals surface area contributed by atoms with E-state index in [-0.39, 0.29) is 5.91 Å². The number of carbonyl (C=O) groups is 1. The van der Waals surface area contributed by atoms with Crippen molar-refractivity contribution in [1.82, 2.24) is 25.1 Å². The Morgan fingerprint density at radius 3 is 2.76 bits per heavy atom. The van der Waals surface area contributed by atoms with E-state index in [0.29, 0.717) is 24.6 Å². The molecule has 0 fully saturated rings. The van der Waals surface area contributed by atoms with Crippen LogP contribution in [0, 0.1) is 0 Å². The molecular formula is C18H19N5O2. The molecule has 25 heavy (non-hydrogen) atoms. The van der Waals surface area contributed by atoms with Gasteiger partial charge in [-0.05, 0) is 24.6 Å². The van der Waals surface area contributed by atoms with Gasteiger partial charge in [-0.2, -0.15) is 5.10 Å². The molecule has 3 aromatic rings. The molecule has 3 rings (SSSR count). The molecule has 1 amide bonds. The number of aromatic nitrogens is 4. The molecule has 7 heteroatoms. The monoisotopic (exact) mass is 337 g/mol. The Kier molecular flexibility index (Phi) is 5.03. The first kappa shape index (κ1) is 16.6. The minimum absolute atomic E-state index is 0.192. The molecule has 0 aliphatic carbocycles. The number of amides is 1. The number of hydrogen-bond donors (Lipinski definition) is 1. The zero-order chi connectivity index (χ0) is 17.6. The van der Waals surface area contributed by atoms with Gasteiger partial charge in [-0.25, -0.2) is 4.98 Å². The van der Waals surface area contributed by atoms with Crippen molar-refractivity contribution in [1.29, 1.82) is 0 Å². The largest absolute Gasteiger partial charge is 0.478 e. The summed E-state index contributed by atoms with van der Waals surface area (Å²) in [6.45, 7) is 2.81. The number of nitrogens with one attached hydrogen (secondary N) is 1. The molecule has 0 radical (unpaired) electrons. The lowest BCUT2D eigenvalue weighted by Gasteiger charge is -2.07. The average Bonchev–Trinajstić information content (AvgIpc) is 3.07. The maximum atomic E-state index is 12.2. The molecule has 3 aromatic heterocycles. The lowest BCUT2D eigenvalue weighted by molar-refractivity contribution is 0.0950. The summed E-state index contributed by atoms with van der Waals surface area (Å²) >= 11 is 0. The van der Waals surface area contributed by atoms with Gasteiger partial charge in [-0.15, -0.1) is 0 Å². The van der Waals surface area contributed by atoms with Crippen LogP contribution in [-0.4, -0.2) is 32.3 Å². The van der Waals surface area contributed by atoms with Gasteiger partial charge >= 0.3 is 0 Å². The maximum absolute atomic E-state index is 12.2. The molecule has 3 heterocycles. The topological polar surface area (TPSA) is 81.9 Å². The van der Waals surface area contributed by atoms with Gasteiger partial charge in [0.05, 0.1) is 18.4 Å². The molecule has 0 unspecified atom stereocenters. The average molecular weight is 337 g/mol. The molecule has 128 valence electrons. The Balaban J connectivity index is 1.64. The first-order chi connectivity index (χ1) is 12.2. The van der Waals surface area contributed by atoms with E-state index in [1.165, 1.54) is 6.20 Å². The van der Waals surface area contributed by atoms with Gasteiger partial charge in [0, 0.05) is 55.6 Å². The molecule has 1 N–H and O–H groups in total. The first-order valence-electron chi connectivity index (χ1n) is 7.95. The van der Waals surface area contributed by atoms with Crippen molar-refractivity contribution in [2.45, 2.75) is 13.5 Å². The standard InChI is InChI=1S/C18H19N5O2/c1-3-25-17-5-4-14(10-20-17)18(24)21-8-13-6-15(9-19-7-13)16-11-22-23(2)12-16/h4-7,9-12H,3,8H2,1-2H3,(H,21,24). The van der Waals surface area contributed by atoms with E-state index in [2.05, 4.69) is 20.4 Å². The van der Waals surface area contributed by atoms with Crippen molar-refractivity contribution in [2.75, 3.05) is 6.61 Å². The smallest absolute Gasteiger partial charge is 0.253 e. The van der Waals surface area contributed by atoms with Gasteiger partial charge in [0.25, 0.3) is 5.91 Å². The predicted molar refractivity (Wildman–Crippen MR) is 93.0 cm³/mol. The van der Waals surface area contributed by atoms with Gasteiger partial charge < -0.3 is 10.1 Å². The van der Waals surface area contributed by atoms with Crippen molar-refractivity contribution >= 4 is 5.91 Å². The fraction of sp³-hybridized carbons (Fsp3) is 0.222. The van der Waals surface area contributed by atoms with E-state index in [4.69, 9.17) is 4.74 Å². The third kappa shape index (κ3) is 4.20. The van der Waals surface area contributed by atoms with Gasteiger partial charge in [-0.3, -0.25) is 14.5 Å². The second-order valence-corrected chi connectivity index (χ2v) is 5.49. The third-order valence-electron chi connectivity index (χ3n) is 3.58. The van der Waals surface area contributed by atoms with Crippen LogP contribution in [-0.2, 0) is 13.6 Å². The quantitative estimate of drug-likeness (QED) is 0.746. The lowest BCUT2D eigenvalue weighted by atomic mass is 10.1. The molecule has 0 saturated carbocycles. The fourth-order valence-electron chi connectivity index (χ4n) is 2.34. The summed E-state index contributed by atoms with van der Waals surface area (Å²) in [7, 11) is 1.87. The van der Waals surface area contributed by atoms with E-state index in [1.54, 1.807) is 35.4 Å². The van der Waals surface area contributed by atoms with E-state index < -0.39 is 0 Å². The minimum atomic E-state index is -0.192. The summed E-state index contributed by atoms with van der Waals surface area (Å²) < 4.78 is 7.01. The van der Waals surface area contributed by atoms with Crippen LogP contribution in [0.5, 0.6) is 5.88 Å². The highest BCUT2D eigenvalue weighted by Gasteiger charge is 2.08. The van der Waals surface area contributed by atoms with Crippen LogP contribution < -0.4 is 10.1 Å². The van der Waals surface area contributed by atoms with Crippen LogP contribution in [0.25, 0.3) is 11.1 Å². The van der Waals surface area contributed by atoms with Crippen molar-refractivity contribution in [3.05, 3.63) is 60.3 Å². The Morgan fingerprint density at radius 2 is 2.08 bits per heavy atom. The second kappa shape index (κ2) is 7.57. The molecule has 0 aliphatic rings. The summed E-state index contributed by atoms with van der Waals surface area (Å²) in [4.78, 5) is 20.6. The van der Waals surface area contributed by atoms with E-state index >= 15 is 0 Å². The second-order valence-electron chi connectivity index (χ2n) is 5.49. The van der Waals surface area contributed by atoms with E-state index in [0.717, 1.165) is 16.7 Å². The Bertz CT molecular complexity index is 858. The summed E-state index contributed by atoms with van der Waals surface area (Å²) in [6.07, 6.45) is 8.72. The Morgan fingerprint density at radius 1 is 1.20 bits per heavy atom. The number of rotatable bonds is 6. The van der Waals surface area contributed by atoms with Gasteiger partial charge in [0.2, 0.25) is 5.88 Å². The van der Waals surface area contributed by atoms with Crippen molar-refractivity contribution in [2.24, 2.45) is 7.05 Å². The van der Waals surface area contributed by atoms with Crippen LogP contribution in [0.3, 0.4) is 0 Å². The molecule has 0 aliphatic heterocycles. The molecule has 0 aromatic carbocycles. The predicted octanol–water partition coefficient (Wildman–Crippen LogP) is 2.21. The zero-order valence-corrected chi connectivity index (χ0v) is 14.1. The van der Waals surface area contributed by atoms with Gasteiger partial charge in [0.15, 0.2) is 0 Å². The summed E-state index contributed by atoms with van der Waals surface area (Å²) in [5.41, 5.74) is 3.34. The van der Waals surface area contributed by atoms with Crippen LogP contribution in [0.1, 0.15) is 22.8 Å². The summed E-state index contributed by atoms with van der Waals surface area (Å²) in [5.74, 6) is 0.315. The van der Waals surface area contributed by atoms with Crippen LogP contribution >= 0.6 is 0 Å². The number of pyridine rings is 2. The van der Waals surface area contributed by atoms with Gasteiger partial charge in [-0.1, -0.05) is 0 Å². The molecule has 7 nitrogen and oxygen atoms in total. The number of carbonyl (C=O) groups excluding carboxylic acids is 1. The number of ether oxygens (including phenoxy) is 1. The Hall–Kier alpha value is -3.22. The highest BCUT2D eigenvalue weighted by Crippen LogP contribution is 2.18. The molecular weight excluding hydrogens is 318 g/mol. The molecule has 0 atom stereocenters. The third-order valence-corrected chi connectivity index (χ3v) is 3.58. The maximum Gasteiger partial charge on any atom is 0.253 e. The van der Waals surface area contributed by atoms with E-state index in [1.807, 2.05) is 26.2 Å². The normalized spacial score (nSPS) is 10.5. The molecule has 0 bridgehead atoms. The van der Waals surface area contributed by atoms with E-state index in [9.17, 15) is 4.79 Å². The number of nitrogens with zero attached hydrogens (tertiary/aromatic N) is 4. The van der Waals surface area contributed by atoms with Crippen LogP contribution in [0.15, 0.2) is 49.2 Å². The SMILES string of the molecule is CCOc1ccc(C(=O)NCc2cncc(-c3cnn(C)c3)c2)cn1. The zero-order valence-electron chi connectivity index (χ0n) is 14.1. The minimum Gasteiger partial charge on any atom is -0.478 e. The van der Waals surface area contributed by atoms with Crippen molar-refractivity contribution in [3.8, 4) is 17.0 Å². The van der Waals surface area contributed by atoms with Crippen LogP contribution in [0.2, 0.25) is 0 Å². The highest BCUT2D eigenvalue weighted by atomic mass is 16.5. The van der Waals surface area contributed by atoms with Crippen molar-refractivity contribution < 1.29 is 9.53 Å². The summed E-state index contributed by atoms with van der Waals surface area (Å²) in [6, 6.07) is 5.36. The fourth-order valence-corrected chi connectivity index (χ4v) is 2.34. The van der Waals surface area contributed by atoms with Crippen LogP contribution in [0.4, 0.5) is 0 Å². The lowest BCUT2D eigenvalue weighted by Crippen LogP contribution is -2.23. The van der Waals surface area contributed by atoms with Gasteiger partial charge in [0.1, 0.15) is 0 Å². The highest BCUT2D eigenvalue weighted by molar-refractivity contribution is 5.93. The number of aryl methyl sites for hydroxylation is 1. The number of hydrogen-bond acceptors (Lipinski definition) is 5. The first-order valence-corrected chi connectivity index (χ1v) is 7.95. The molecule has 0 saturated heterocycles. The molecule has 0 spiro atoms.